The van der Waals surface area contributed by atoms with E-state index in [4.69, 9.17) is 4.52 Å². The van der Waals surface area contributed by atoms with Crippen molar-refractivity contribution < 1.29 is 23.4 Å². The molecule has 0 aliphatic heterocycles. The maximum absolute atomic E-state index is 11.9. The van der Waals surface area contributed by atoms with Crippen molar-refractivity contribution in [3.05, 3.63) is 11.6 Å². The Kier molecular flexibility index (Phi) is 9.10. The first-order valence-corrected chi connectivity index (χ1v) is 17.3. The minimum Gasteiger partial charge on any atom is -0.329 e. The summed E-state index contributed by atoms with van der Waals surface area (Å²) in [5, 5.41) is 0. The first-order chi connectivity index (χ1) is 17.5. The van der Waals surface area contributed by atoms with Crippen molar-refractivity contribution in [2.45, 2.75) is 111 Å². The number of phosphoric ester groups is 1. The average molecular weight is 553 g/mol. The van der Waals surface area contributed by atoms with E-state index >= 15 is 0 Å². The lowest BCUT2D eigenvalue weighted by atomic mass is 9.46. The Balaban J connectivity index is 1.48. The number of hydrogen-bond donors (Lipinski definition) is 2. The van der Waals surface area contributed by atoms with Crippen molar-refractivity contribution >= 4 is 7.82 Å². The topological polar surface area (TPSA) is 66.8 Å². The molecule has 4 aliphatic carbocycles. The lowest BCUT2D eigenvalue weighted by Gasteiger charge is -2.59. The number of fused-ring (bicyclic) bond motifs is 5. The highest BCUT2D eigenvalue weighted by Gasteiger charge is 2.59. The number of phosphoric acid groups is 1. The van der Waals surface area contributed by atoms with Gasteiger partial charge in [0.15, 0.2) is 0 Å². The monoisotopic (exact) mass is 552 g/mol. The molecule has 0 heterocycles. The molecule has 4 aliphatic rings. The molecule has 3 fully saturated rings. The minimum atomic E-state index is -4.53. The van der Waals surface area contributed by atoms with Crippen LogP contribution >= 0.6 is 7.82 Å². The van der Waals surface area contributed by atoms with Crippen molar-refractivity contribution in [3.8, 4) is 0 Å². The highest BCUT2D eigenvalue weighted by molar-refractivity contribution is 7.46. The molecule has 0 bridgehead atoms. The Morgan fingerprint density at radius 1 is 1.03 bits per heavy atom. The van der Waals surface area contributed by atoms with E-state index in [2.05, 4.69) is 61.8 Å². The third kappa shape index (κ3) is 6.48. The molecule has 5 nitrogen and oxygen atoms in total. The van der Waals surface area contributed by atoms with Gasteiger partial charge in [0.25, 0.3) is 0 Å². The maximum Gasteiger partial charge on any atom is 0.470 e. The van der Waals surface area contributed by atoms with Crippen LogP contribution in [0.3, 0.4) is 0 Å². The Morgan fingerprint density at radius 3 is 2.37 bits per heavy atom. The molecule has 6 heteroatoms. The molecule has 5 unspecified atom stereocenters. The van der Waals surface area contributed by atoms with E-state index in [0.717, 1.165) is 54.8 Å². The number of rotatable bonds is 10. The van der Waals surface area contributed by atoms with Crippen LogP contribution in [0.2, 0.25) is 0 Å². The highest BCUT2D eigenvalue weighted by atomic mass is 31.2. The van der Waals surface area contributed by atoms with E-state index < -0.39 is 13.9 Å². The molecule has 9 atom stereocenters. The summed E-state index contributed by atoms with van der Waals surface area (Å²) in [5.74, 6) is 5.14. The van der Waals surface area contributed by atoms with E-state index in [1.165, 1.54) is 51.4 Å². The fourth-order valence-electron chi connectivity index (χ4n) is 10.0. The van der Waals surface area contributed by atoms with Gasteiger partial charge in [-0.3, -0.25) is 4.52 Å². The fourth-order valence-corrected chi connectivity index (χ4v) is 10.6. The predicted molar refractivity (Wildman–Crippen MR) is 156 cm³/mol. The van der Waals surface area contributed by atoms with Crippen LogP contribution in [0, 0.1) is 52.3 Å². The molecule has 0 aromatic heterocycles. The summed E-state index contributed by atoms with van der Waals surface area (Å²) in [4.78, 5) is 19.3. The van der Waals surface area contributed by atoms with Crippen LogP contribution in [0.1, 0.15) is 105 Å². The lowest BCUT2D eigenvalue weighted by Crippen LogP contribution is -2.52. The second-order valence-electron chi connectivity index (χ2n) is 15.9. The normalized spacial score (nSPS) is 39.2. The number of quaternary nitrogens is 1. The first kappa shape index (κ1) is 30.8. The van der Waals surface area contributed by atoms with Crippen LogP contribution in [-0.2, 0) is 9.09 Å². The molecule has 4 rings (SSSR count). The molecular formula is C32H59NO4P+. The zero-order valence-corrected chi connectivity index (χ0v) is 26.7. The third-order valence-electron chi connectivity index (χ3n) is 11.9. The van der Waals surface area contributed by atoms with E-state index in [9.17, 15) is 14.4 Å². The molecule has 0 saturated heterocycles. The van der Waals surface area contributed by atoms with Gasteiger partial charge in [-0.1, -0.05) is 65.5 Å². The predicted octanol–water partition coefficient (Wildman–Crippen LogP) is 7.83. The molecule has 220 valence electrons. The second kappa shape index (κ2) is 11.2. The molecule has 0 amide bonds. The van der Waals surface area contributed by atoms with Crippen LogP contribution < -0.4 is 0 Å². The van der Waals surface area contributed by atoms with Gasteiger partial charge in [-0.15, -0.1) is 0 Å². The zero-order valence-electron chi connectivity index (χ0n) is 25.8. The standard InChI is InChI=1S/C32H58NO4P/c1-22(2)10-9-11-23(3)27-14-15-28-26-13-12-25-20-24(30(21-33(6,7)8)37-38(34,35)36)16-18-31(25,4)29(26)17-19-32(27,28)5/h12,22-24,26-30H,9-11,13-21H2,1-8H3,(H-,34,35,36)/p+1/t23-,24?,26?,27-,28?,29?,30?,31+,32-/m1/s1. The summed E-state index contributed by atoms with van der Waals surface area (Å²) in [6.07, 6.45) is 16.2. The van der Waals surface area contributed by atoms with Crippen molar-refractivity contribution in [3.63, 3.8) is 0 Å². The average Bonchev–Trinajstić information content (AvgIpc) is 3.13. The molecule has 0 radical (unpaired) electrons. The number of nitrogens with zero attached hydrogens (tertiary/aromatic N) is 1. The summed E-state index contributed by atoms with van der Waals surface area (Å²) in [6, 6.07) is 0. The van der Waals surface area contributed by atoms with E-state index in [1.807, 2.05) is 0 Å². The van der Waals surface area contributed by atoms with Gasteiger partial charge < -0.3 is 14.3 Å². The van der Waals surface area contributed by atoms with Crippen LogP contribution in [0.5, 0.6) is 0 Å². The molecule has 0 aromatic carbocycles. The minimum absolute atomic E-state index is 0.173. The summed E-state index contributed by atoms with van der Waals surface area (Å²) in [5.41, 5.74) is 2.31. The van der Waals surface area contributed by atoms with Gasteiger partial charge in [0, 0.05) is 0 Å². The van der Waals surface area contributed by atoms with Gasteiger partial charge in [0.05, 0.1) is 21.1 Å². The van der Waals surface area contributed by atoms with Crippen molar-refractivity contribution in [2.75, 3.05) is 27.7 Å². The number of likely N-dealkylation sites (N-methyl/N-ethyl adjacent to an activating group) is 1. The van der Waals surface area contributed by atoms with E-state index in [1.54, 1.807) is 5.57 Å². The number of allylic oxidation sites excluding steroid dienone is 2. The quantitative estimate of drug-likeness (QED) is 0.165. The molecule has 0 spiro atoms. The SMILES string of the molecule is CC(C)CCC[C@@H](C)[C@H]1CCC2C3CC=C4CC(C(C[N+](C)(C)C)OP(=O)(O)O)CC[C@]4(C)C3CC[C@@]21C. The van der Waals surface area contributed by atoms with Crippen molar-refractivity contribution in [1.82, 2.24) is 0 Å². The van der Waals surface area contributed by atoms with Crippen LogP contribution in [-0.4, -0.2) is 48.1 Å². The number of hydrogen-bond acceptors (Lipinski definition) is 2. The first-order valence-electron chi connectivity index (χ1n) is 15.8. The summed E-state index contributed by atoms with van der Waals surface area (Å²) in [6.45, 7) is 13.1. The Labute approximate surface area is 234 Å². The van der Waals surface area contributed by atoms with Gasteiger partial charge in [0.2, 0.25) is 0 Å². The lowest BCUT2D eigenvalue weighted by molar-refractivity contribution is -0.873. The van der Waals surface area contributed by atoms with Crippen molar-refractivity contribution in [1.29, 1.82) is 0 Å². The smallest absolute Gasteiger partial charge is 0.329 e. The zero-order chi connectivity index (χ0) is 28.1. The summed E-state index contributed by atoms with van der Waals surface area (Å²) in [7, 11) is 1.70. The molecule has 0 aromatic rings. The fraction of sp³-hybridized carbons (Fsp3) is 0.938. The Bertz CT molecular complexity index is 906. The third-order valence-corrected chi connectivity index (χ3v) is 12.4. The summed E-state index contributed by atoms with van der Waals surface area (Å²) >= 11 is 0. The van der Waals surface area contributed by atoms with Gasteiger partial charge in [-0.05, 0) is 104 Å². The van der Waals surface area contributed by atoms with E-state index in [0.29, 0.717) is 16.4 Å². The van der Waals surface area contributed by atoms with Gasteiger partial charge in [-0.2, -0.15) is 0 Å². The maximum atomic E-state index is 11.9. The van der Waals surface area contributed by atoms with Crippen molar-refractivity contribution in [2.24, 2.45) is 52.3 Å². The Morgan fingerprint density at radius 2 is 1.74 bits per heavy atom. The largest absolute Gasteiger partial charge is 0.470 e. The van der Waals surface area contributed by atoms with Crippen LogP contribution in [0.4, 0.5) is 0 Å². The van der Waals surface area contributed by atoms with Gasteiger partial charge in [0.1, 0.15) is 12.6 Å². The van der Waals surface area contributed by atoms with Crippen LogP contribution in [0.25, 0.3) is 0 Å². The molecule has 3 saturated carbocycles. The van der Waals surface area contributed by atoms with Gasteiger partial charge >= 0.3 is 7.82 Å². The van der Waals surface area contributed by atoms with Gasteiger partial charge in [-0.25, -0.2) is 4.57 Å². The second-order valence-corrected chi connectivity index (χ2v) is 17.1. The Hall–Kier alpha value is -0.190. The highest BCUT2D eigenvalue weighted by Crippen LogP contribution is 2.67. The van der Waals surface area contributed by atoms with Crippen LogP contribution in [0.15, 0.2) is 11.6 Å². The summed E-state index contributed by atoms with van der Waals surface area (Å²) < 4.78 is 17.9. The van der Waals surface area contributed by atoms with E-state index in [-0.39, 0.29) is 11.3 Å². The molecular weight excluding hydrogens is 493 g/mol. The molecule has 38 heavy (non-hydrogen) atoms. The molecule has 2 N–H and O–H groups in total.